The molecule has 1 saturated heterocycles. The van der Waals surface area contributed by atoms with Gasteiger partial charge in [0.1, 0.15) is 5.69 Å². The van der Waals surface area contributed by atoms with Gasteiger partial charge in [0.15, 0.2) is 0 Å². The van der Waals surface area contributed by atoms with Crippen molar-refractivity contribution in [3.8, 4) is 0 Å². The van der Waals surface area contributed by atoms with E-state index in [1.165, 1.54) is 6.92 Å². The first-order chi connectivity index (χ1) is 11.6. The summed E-state index contributed by atoms with van der Waals surface area (Å²) in [4.78, 5) is 34.4. The van der Waals surface area contributed by atoms with Gasteiger partial charge >= 0.3 is 0 Å². The van der Waals surface area contributed by atoms with Crippen molar-refractivity contribution in [1.29, 1.82) is 0 Å². The van der Waals surface area contributed by atoms with Gasteiger partial charge in [-0.1, -0.05) is 0 Å². The van der Waals surface area contributed by atoms with Gasteiger partial charge < -0.3 is 10.2 Å². The molecule has 0 spiro atoms. The number of amides is 2. The van der Waals surface area contributed by atoms with E-state index >= 15 is 0 Å². The second kappa shape index (κ2) is 6.77. The second-order valence-corrected chi connectivity index (χ2v) is 5.84. The van der Waals surface area contributed by atoms with Gasteiger partial charge in [-0.15, -0.1) is 0 Å². The highest BCUT2D eigenvalue weighted by Gasteiger charge is 2.32. The van der Waals surface area contributed by atoms with E-state index in [1.54, 1.807) is 36.4 Å². The van der Waals surface area contributed by atoms with Crippen LogP contribution in [0, 0.1) is 0 Å². The topological polar surface area (TPSA) is 93.0 Å². The summed E-state index contributed by atoms with van der Waals surface area (Å²) < 4.78 is 1.58. The number of hydrogen-bond acceptors (Lipinski definition) is 5. The smallest absolute Gasteiger partial charge is 0.272 e. The molecule has 0 radical (unpaired) electrons. The van der Waals surface area contributed by atoms with Crippen LogP contribution >= 0.6 is 0 Å². The summed E-state index contributed by atoms with van der Waals surface area (Å²) in [7, 11) is 1.76. The van der Waals surface area contributed by atoms with Crippen LogP contribution in [-0.2, 0) is 18.4 Å². The molecule has 2 aromatic rings. The third-order valence-corrected chi connectivity index (χ3v) is 4.12. The van der Waals surface area contributed by atoms with E-state index in [-0.39, 0.29) is 17.9 Å². The average molecular weight is 328 g/mol. The summed E-state index contributed by atoms with van der Waals surface area (Å²) >= 11 is 0. The summed E-state index contributed by atoms with van der Waals surface area (Å²) in [6.45, 7) is 2.48. The van der Waals surface area contributed by atoms with Crippen molar-refractivity contribution in [1.82, 2.24) is 30.0 Å². The van der Waals surface area contributed by atoms with Crippen molar-refractivity contribution in [3.63, 3.8) is 0 Å². The highest BCUT2D eigenvalue weighted by molar-refractivity contribution is 5.93. The number of aromatic nitrogens is 4. The number of nitrogens with one attached hydrogen (secondary N) is 1. The third-order valence-electron chi connectivity index (χ3n) is 4.12. The van der Waals surface area contributed by atoms with E-state index in [2.05, 4.69) is 20.4 Å². The lowest BCUT2D eigenvalue weighted by molar-refractivity contribution is -0.119. The molecule has 3 heterocycles. The maximum absolute atomic E-state index is 12.8. The molecular weight excluding hydrogens is 308 g/mol. The van der Waals surface area contributed by atoms with Crippen LogP contribution < -0.4 is 5.32 Å². The van der Waals surface area contributed by atoms with Crippen LogP contribution in [0.1, 0.15) is 47.7 Å². The summed E-state index contributed by atoms with van der Waals surface area (Å²) in [6.07, 6.45) is 6.71. The van der Waals surface area contributed by atoms with Crippen LogP contribution in [0.4, 0.5) is 0 Å². The largest absolute Gasteiger partial charge is 0.351 e. The lowest BCUT2D eigenvalue weighted by atomic mass is 10.1. The van der Waals surface area contributed by atoms with Crippen molar-refractivity contribution in [3.05, 3.63) is 41.7 Å². The normalized spacial score (nSPS) is 17.1. The van der Waals surface area contributed by atoms with Crippen molar-refractivity contribution >= 4 is 11.8 Å². The first-order valence-corrected chi connectivity index (χ1v) is 7.90. The molecule has 1 atom stereocenters. The maximum atomic E-state index is 12.8. The zero-order valence-corrected chi connectivity index (χ0v) is 13.8. The fourth-order valence-electron chi connectivity index (χ4n) is 2.93. The molecule has 8 nitrogen and oxygen atoms in total. The lowest BCUT2D eigenvalue weighted by Crippen LogP contribution is -2.32. The molecule has 0 saturated carbocycles. The molecule has 24 heavy (non-hydrogen) atoms. The fraction of sp³-hybridized carbons (Fsp3) is 0.438. The van der Waals surface area contributed by atoms with Crippen LogP contribution in [0.15, 0.2) is 24.7 Å². The van der Waals surface area contributed by atoms with Gasteiger partial charge in [0, 0.05) is 26.7 Å². The predicted molar refractivity (Wildman–Crippen MR) is 85.8 cm³/mol. The Morgan fingerprint density at radius 1 is 1.38 bits per heavy atom. The highest BCUT2D eigenvalue weighted by atomic mass is 16.2. The van der Waals surface area contributed by atoms with Gasteiger partial charge in [-0.25, -0.2) is 0 Å². The standard InChI is InChI=1S/C16H20N6O2/c1-11(23)18-9-12-8-17-10-13(20-12)14-4-3-7-22(14)16(24)15-5-6-19-21(15)2/h5-6,8,10,14H,3-4,7,9H2,1-2H3,(H,18,23). The van der Waals surface area contributed by atoms with Crippen molar-refractivity contribution in [2.24, 2.45) is 7.05 Å². The lowest BCUT2D eigenvalue weighted by Gasteiger charge is -2.24. The average Bonchev–Trinajstić information content (AvgIpc) is 3.21. The molecule has 126 valence electrons. The molecule has 0 bridgehead atoms. The quantitative estimate of drug-likeness (QED) is 0.897. The molecule has 1 N–H and O–H groups in total. The number of carbonyl (C=O) groups is 2. The number of nitrogens with zero attached hydrogens (tertiary/aromatic N) is 5. The van der Waals surface area contributed by atoms with E-state index < -0.39 is 0 Å². The number of rotatable bonds is 4. The van der Waals surface area contributed by atoms with Crippen molar-refractivity contribution in [2.45, 2.75) is 32.4 Å². The highest BCUT2D eigenvalue weighted by Crippen LogP contribution is 2.31. The summed E-state index contributed by atoms with van der Waals surface area (Å²) in [5.74, 6) is -0.164. The van der Waals surface area contributed by atoms with Gasteiger partial charge in [0.2, 0.25) is 5.91 Å². The van der Waals surface area contributed by atoms with Crippen LogP contribution in [0.25, 0.3) is 0 Å². The van der Waals surface area contributed by atoms with Gasteiger partial charge in [0.05, 0.1) is 36.4 Å². The summed E-state index contributed by atoms with van der Waals surface area (Å²) in [6, 6.07) is 1.62. The van der Waals surface area contributed by atoms with E-state index in [0.717, 1.165) is 18.5 Å². The minimum Gasteiger partial charge on any atom is -0.351 e. The van der Waals surface area contributed by atoms with E-state index in [0.29, 0.717) is 24.5 Å². The van der Waals surface area contributed by atoms with Gasteiger partial charge in [-0.2, -0.15) is 5.10 Å². The van der Waals surface area contributed by atoms with Crippen LogP contribution in [0.2, 0.25) is 0 Å². The van der Waals surface area contributed by atoms with Crippen LogP contribution in [0.3, 0.4) is 0 Å². The Bertz CT molecular complexity index is 757. The Morgan fingerprint density at radius 3 is 2.92 bits per heavy atom. The number of aryl methyl sites for hydroxylation is 1. The monoisotopic (exact) mass is 328 g/mol. The van der Waals surface area contributed by atoms with Crippen molar-refractivity contribution < 1.29 is 9.59 Å². The Balaban J connectivity index is 1.80. The molecule has 3 rings (SSSR count). The molecule has 1 fully saturated rings. The van der Waals surface area contributed by atoms with Gasteiger partial charge in [-0.05, 0) is 18.9 Å². The minimum absolute atomic E-state index is 0.0495. The number of hydrogen-bond donors (Lipinski definition) is 1. The number of carbonyl (C=O) groups excluding carboxylic acids is 2. The molecule has 8 heteroatoms. The molecule has 1 aliphatic heterocycles. The molecule has 2 aromatic heterocycles. The summed E-state index contributed by atoms with van der Waals surface area (Å²) in [5, 5.41) is 6.77. The van der Waals surface area contributed by atoms with Crippen LogP contribution in [0.5, 0.6) is 0 Å². The maximum Gasteiger partial charge on any atom is 0.272 e. The van der Waals surface area contributed by atoms with E-state index in [4.69, 9.17) is 0 Å². The third kappa shape index (κ3) is 3.27. The molecule has 1 aliphatic rings. The minimum atomic E-state index is -0.115. The van der Waals surface area contributed by atoms with Gasteiger partial charge in [-0.3, -0.25) is 24.2 Å². The number of likely N-dealkylation sites (tertiary alicyclic amines) is 1. The Kier molecular flexibility index (Phi) is 4.54. The van der Waals surface area contributed by atoms with Gasteiger partial charge in [0.25, 0.3) is 5.91 Å². The molecular formula is C16H20N6O2. The Morgan fingerprint density at radius 2 is 2.21 bits per heavy atom. The van der Waals surface area contributed by atoms with E-state index in [1.807, 2.05) is 4.90 Å². The first kappa shape index (κ1) is 16.1. The van der Waals surface area contributed by atoms with E-state index in [9.17, 15) is 9.59 Å². The first-order valence-electron chi connectivity index (χ1n) is 7.90. The molecule has 1 unspecified atom stereocenters. The second-order valence-electron chi connectivity index (χ2n) is 5.84. The summed E-state index contributed by atoms with van der Waals surface area (Å²) in [5.41, 5.74) is 2.00. The van der Waals surface area contributed by atoms with Crippen molar-refractivity contribution in [2.75, 3.05) is 6.54 Å². The fourth-order valence-corrected chi connectivity index (χ4v) is 2.93. The molecule has 0 aromatic carbocycles. The Labute approximate surface area is 139 Å². The Hall–Kier alpha value is -2.77. The van der Waals surface area contributed by atoms with Crippen LogP contribution in [-0.4, -0.2) is 43.0 Å². The SMILES string of the molecule is CC(=O)NCc1cncc(C2CCCN2C(=O)c2ccnn2C)n1. The zero-order valence-electron chi connectivity index (χ0n) is 13.8. The molecule has 2 amide bonds. The zero-order chi connectivity index (χ0) is 17.1. The predicted octanol–water partition coefficient (Wildman–Crippen LogP) is 0.823. The molecule has 0 aliphatic carbocycles.